The average Bonchev–Trinajstić information content (AvgIpc) is 3.22. The normalized spacial score (nSPS) is 18.2. The lowest BCUT2D eigenvalue weighted by Crippen LogP contribution is -2.30. The highest BCUT2D eigenvalue weighted by molar-refractivity contribution is 8.04. The molecule has 3 heterocycles. The number of carbonyl (C=O) groups is 4. The molecule has 0 spiro atoms. The van der Waals surface area contributed by atoms with Crippen LogP contribution in [0, 0.1) is 11.3 Å². The van der Waals surface area contributed by atoms with Crippen molar-refractivity contribution in [2.75, 3.05) is 21.3 Å². The van der Waals surface area contributed by atoms with E-state index in [0.717, 1.165) is 29.3 Å². The summed E-state index contributed by atoms with van der Waals surface area (Å²) in [6, 6.07) is 9.11. The third-order valence-electron chi connectivity index (χ3n) is 5.61. The van der Waals surface area contributed by atoms with Crippen molar-refractivity contribution in [3.05, 3.63) is 51.5 Å². The van der Waals surface area contributed by atoms with Crippen molar-refractivity contribution in [2.45, 2.75) is 10.9 Å². The monoisotopic (exact) mass is 451 g/mol. The smallest absolute Gasteiger partial charge is 0.345 e. The van der Waals surface area contributed by atoms with Gasteiger partial charge in [-0.25, -0.2) is 9.59 Å². The molecule has 10 heteroatoms. The van der Waals surface area contributed by atoms with Gasteiger partial charge in [0.05, 0.1) is 36.3 Å². The highest BCUT2D eigenvalue weighted by atomic mass is 32.2. The van der Waals surface area contributed by atoms with Crippen molar-refractivity contribution in [1.29, 1.82) is 5.26 Å². The Morgan fingerprint density at radius 2 is 1.72 bits per heavy atom. The summed E-state index contributed by atoms with van der Waals surface area (Å²) in [4.78, 5) is 52.1. The van der Waals surface area contributed by atoms with E-state index in [1.54, 1.807) is 19.2 Å². The third-order valence-corrected chi connectivity index (χ3v) is 6.89. The van der Waals surface area contributed by atoms with E-state index >= 15 is 0 Å². The summed E-state index contributed by atoms with van der Waals surface area (Å²) in [6.07, 6.45) is 0. The van der Waals surface area contributed by atoms with E-state index in [2.05, 4.69) is 0 Å². The largest absolute Gasteiger partial charge is 0.466 e. The number of fused-ring (bicyclic) bond motifs is 3. The zero-order valence-electron chi connectivity index (χ0n) is 17.6. The first-order chi connectivity index (χ1) is 15.3. The number of aromatic nitrogens is 1. The van der Waals surface area contributed by atoms with Crippen LogP contribution in [0.5, 0.6) is 0 Å². The van der Waals surface area contributed by atoms with E-state index in [9.17, 15) is 24.4 Å². The van der Waals surface area contributed by atoms with Crippen molar-refractivity contribution in [2.24, 2.45) is 7.05 Å². The molecule has 0 bridgehead atoms. The standard InChI is InChI=1S/C22H17N3O6S/c1-24-12-8-6-5-7-10(12)14-15(13-11(9-23)18(26)25(2)19(13)27)16(21(28)30-3)17(22(29)31-4)32-20(14)24/h5-8,15H,1-4H3. The molecule has 2 aromatic rings. The molecule has 2 aliphatic rings. The fourth-order valence-electron chi connectivity index (χ4n) is 4.12. The van der Waals surface area contributed by atoms with Crippen LogP contribution in [0.2, 0.25) is 0 Å². The summed E-state index contributed by atoms with van der Waals surface area (Å²) in [6.45, 7) is 0. The second kappa shape index (κ2) is 7.69. The third kappa shape index (κ3) is 2.78. The second-order valence-electron chi connectivity index (χ2n) is 7.13. The number of likely N-dealkylation sites (N-methyl/N-ethyl adjacent to an activating group) is 1. The maximum atomic E-state index is 13.1. The predicted octanol–water partition coefficient (Wildman–Crippen LogP) is 1.79. The van der Waals surface area contributed by atoms with E-state index in [0.29, 0.717) is 16.0 Å². The molecule has 0 saturated heterocycles. The van der Waals surface area contributed by atoms with Crippen LogP contribution in [-0.2, 0) is 35.7 Å². The van der Waals surface area contributed by atoms with Crippen LogP contribution in [0.3, 0.4) is 0 Å². The number of rotatable bonds is 3. The Balaban J connectivity index is 2.18. The van der Waals surface area contributed by atoms with Gasteiger partial charge < -0.3 is 14.0 Å². The van der Waals surface area contributed by atoms with E-state index in [1.165, 1.54) is 14.2 Å². The van der Waals surface area contributed by atoms with Gasteiger partial charge >= 0.3 is 11.9 Å². The Morgan fingerprint density at radius 3 is 2.34 bits per heavy atom. The first-order valence-corrected chi connectivity index (χ1v) is 10.2. The number of para-hydroxylation sites is 1. The van der Waals surface area contributed by atoms with Gasteiger partial charge in [0.1, 0.15) is 16.5 Å². The number of methoxy groups -OCH3 is 2. The van der Waals surface area contributed by atoms with Crippen LogP contribution in [0.4, 0.5) is 0 Å². The van der Waals surface area contributed by atoms with Crippen molar-refractivity contribution in [1.82, 2.24) is 9.47 Å². The maximum absolute atomic E-state index is 13.1. The average molecular weight is 451 g/mol. The molecular weight excluding hydrogens is 434 g/mol. The first-order valence-electron chi connectivity index (χ1n) is 9.41. The van der Waals surface area contributed by atoms with Gasteiger partial charge in [-0.3, -0.25) is 14.5 Å². The van der Waals surface area contributed by atoms with Crippen LogP contribution in [-0.4, -0.2) is 54.5 Å². The van der Waals surface area contributed by atoms with Gasteiger partial charge in [0.2, 0.25) is 0 Å². The number of esters is 2. The number of carbonyl (C=O) groups excluding carboxylic acids is 4. The van der Waals surface area contributed by atoms with Gasteiger partial charge in [-0.15, -0.1) is 0 Å². The quantitative estimate of drug-likeness (QED) is 0.512. The molecule has 162 valence electrons. The van der Waals surface area contributed by atoms with Crippen molar-refractivity contribution in [3.63, 3.8) is 0 Å². The van der Waals surface area contributed by atoms with Crippen LogP contribution in [0.25, 0.3) is 10.9 Å². The van der Waals surface area contributed by atoms with E-state index in [4.69, 9.17) is 9.47 Å². The molecule has 1 atom stereocenters. The number of benzene rings is 1. The van der Waals surface area contributed by atoms with Crippen LogP contribution >= 0.6 is 11.8 Å². The second-order valence-corrected chi connectivity index (χ2v) is 8.12. The van der Waals surface area contributed by atoms with Gasteiger partial charge in [0, 0.05) is 30.6 Å². The number of nitriles is 1. The molecular formula is C22H17N3O6S. The first kappa shape index (κ1) is 21.4. The maximum Gasteiger partial charge on any atom is 0.345 e. The molecule has 1 aromatic carbocycles. The minimum atomic E-state index is -1.17. The molecule has 4 rings (SSSR count). The Hall–Kier alpha value is -3.84. The number of amides is 2. The molecule has 0 radical (unpaired) electrons. The molecule has 9 nitrogen and oxygen atoms in total. The number of thioether (sulfide) groups is 1. The number of nitrogens with zero attached hydrogens (tertiary/aromatic N) is 3. The summed E-state index contributed by atoms with van der Waals surface area (Å²) in [5.41, 5.74) is 0.640. The topological polar surface area (TPSA) is 119 Å². The molecule has 0 aliphatic carbocycles. The SMILES string of the molecule is COC(=O)C1=C(C(=O)OC)C(C2=C(C#N)C(=O)N(C)C2=O)c2c(n(C)c3ccccc23)S1. The highest BCUT2D eigenvalue weighted by Crippen LogP contribution is 2.53. The predicted molar refractivity (Wildman–Crippen MR) is 113 cm³/mol. The Kier molecular flexibility index (Phi) is 5.14. The van der Waals surface area contributed by atoms with Gasteiger partial charge in [0.15, 0.2) is 0 Å². The molecule has 2 aliphatic heterocycles. The van der Waals surface area contributed by atoms with Crippen molar-refractivity contribution < 1.29 is 28.7 Å². The lowest BCUT2D eigenvalue weighted by molar-refractivity contribution is -0.139. The van der Waals surface area contributed by atoms with E-state index in [1.807, 2.05) is 22.8 Å². The van der Waals surface area contributed by atoms with E-state index in [-0.39, 0.29) is 21.6 Å². The zero-order chi connectivity index (χ0) is 23.3. The lowest BCUT2D eigenvalue weighted by Gasteiger charge is -2.27. The molecule has 0 fully saturated rings. The highest BCUT2D eigenvalue weighted by Gasteiger charge is 2.48. The van der Waals surface area contributed by atoms with Gasteiger partial charge in [-0.05, 0) is 6.07 Å². The van der Waals surface area contributed by atoms with Crippen LogP contribution in [0.15, 0.2) is 50.9 Å². The summed E-state index contributed by atoms with van der Waals surface area (Å²) >= 11 is 1.02. The Bertz CT molecular complexity index is 1340. The van der Waals surface area contributed by atoms with Crippen LogP contribution < -0.4 is 0 Å². The molecule has 32 heavy (non-hydrogen) atoms. The Morgan fingerprint density at radius 1 is 1.06 bits per heavy atom. The fraction of sp³-hybridized carbons (Fsp3) is 0.227. The fourth-order valence-corrected chi connectivity index (χ4v) is 5.36. The summed E-state index contributed by atoms with van der Waals surface area (Å²) in [5.74, 6) is -4.30. The van der Waals surface area contributed by atoms with Crippen molar-refractivity contribution in [3.8, 4) is 6.07 Å². The number of hydrogen-bond donors (Lipinski definition) is 0. The number of aryl methyl sites for hydroxylation is 1. The molecule has 1 unspecified atom stereocenters. The molecule has 2 amide bonds. The zero-order valence-corrected chi connectivity index (χ0v) is 18.4. The summed E-state index contributed by atoms with van der Waals surface area (Å²) in [5, 5.41) is 11.0. The minimum Gasteiger partial charge on any atom is -0.466 e. The van der Waals surface area contributed by atoms with Gasteiger partial charge in [0.25, 0.3) is 11.8 Å². The van der Waals surface area contributed by atoms with Crippen molar-refractivity contribution >= 4 is 46.4 Å². The number of imide groups is 1. The summed E-state index contributed by atoms with van der Waals surface area (Å²) in [7, 11) is 5.38. The van der Waals surface area contributed by atoms with Gasteiger partial charge in [-0.1, -0.05) is 30.0 Å². The molecule has 0 N–H and O–H groups in total. The number of ether oxygens (including phenoxy) is 2. The van der Waals surface area contributed by atoms with Crippen LogP contribution in [0.1, 0.15) is 11.5 Å². The van der Waals surface area contributed by atoms with Gasteiger partial charge in [-0.2, -0.15) is 5.26 Å². The molecule has 1 aromatic heterocycles. The summed E-state index contributed by atoms with van der Waals surface area (Å²) < 4.78 is 11.7. The lowest BCUT2D eigenvalue weighted by atomic mass is 9.81. The number of hydrogen-bond acceptors (Lipinski definition) is 8. The molecule has 0 saturated carbocycles. The Labute approximate surface area is 186 Å². The van der Waals surface area contributed by atoms with E-state index < -0.39 is 29.7 Å². The minimum absolute atomic E-state index is 0.0673.